The van der Waals surface area contributed by atoms with Gasteiger partial charge in [-0.05, 0) is 44.4 Å². The largest absolute Gasteiger partial charge is 0.329 e. The second-order valence-corrected chi connectivity index (χ2v) is 7.87. The summed E-state index contributed by atoms with van der Waals surface area (Å²) in [5.74, 6) is 0. The third kappa shape index (κ3) is 3.37. The van der Waals surface area contributed by atoms with Gasteiger partial charge in [0.2, 0.25) is 0 Å². The summed E-state index contributed by atoms with van der Waals surface area (Å²) in [4.78, 5) is 5.37. The molecular weight excluding hydrogens is 246 g/mol. The average molecular weight is 281 g/mol. The molecule has 1 unspecified atom stereocenters. The number of hydrogen-bond donors (Lipinski definition) is 1. The van der Waals surface area contributed by atoms with Crippen molar-refractivity contribution in [3.63, 3.8) is 0 Å². The molecule has 118 valence electrons. The van der Waals surface area contributed by atoms with Crippen LogP contribution in [0.15, 0.2) is 0 Å². The quantitative estimate of drug-likeness (QED) is 0.860. The smallest absolute Gasteiger partial charge is 0.0333 e. The van der Waals surface area contributed by atoms with E-state index in [-0.39, 0.29) is 0 Å². The molecule has 1 saturated heterocycles. The molecule has 3 nitrogen and oxygen atoms in total. The van der Waals surface area contributed by atoms with E-state index in [2.05, 4.69) is 37.5 Å². The molecule has 2 aliphatic rings. The molecule has 3 heteroatoms. The second kappa shape index (κ2) is 6.33. The van der Waals surface area contributed by atoms with Gasteiger partial charge in [0.25, 0.3) is 0 Å². The van der Waals surface area contributed by atoms with Crippen LogP contribution in [0.4, 0.5) is 0 Å². The number of nitrogens with two attached hydrogens (primary N) is 1. The minimum atomic E-state index is 0.303. The van der Waals surface area contributed by atoms with Crippen molar-refractivity contribution in [2.24, 2.45) is 11.1 Å². The Morgan fingerprint density at radius 1 is 1.00 bits per heavy atom. The molecule has 0 bridgehead atoms. The molecule has 0 spiro atoms. The van der Waals surface area contributed by atoms with Crippen LogP contribution in [-0.2, 0) is 0 Å². The van der Waals surface area contributed by atoms with Gasteiger partial charge in [-0.2, -0.15) is 0 Å². The van der Waals surface area contributed by atoms with E-state index in [1.807, 2.05) is 0 Å². The number of nitrogens with zero attached hydrogens (tertiary/aromatic N) is 2. The summed E-state index contributed by atoms with van der Waals surface area (Å²) >= 11 is 0. The molecule has 0 aromatic rings. The van der Waals surface area contributed by atoms with Crippen molar-refractivity contribution in [3.05, 3.63) is 0 Å². The molecule has 0 amide bonds. The fraction of sp³-hybridized carbons (Fsp3) is 1.00. The lowest BCUT2D eigenvalue weighted by Gasteiger charge is -2.52. The van der Waals surface area contributed by atoms with Crippen molar-refractivity contribution < 1.29 is 0 Å². The van der Waals surface area contributed by atoms with Gasteiger partial charge >= 0.3 is 0 Å². The monoisotopic (exact) mass is 281 g/mol. The van der Waals surface area contributed by atoms with Crippen molar-refractivity contribution >= 4 is 0 Å². The predicted molar refractivity (Wildman–Crippen MR) is 86.9 cm³/mol. The Hall–Kier alpha value is -0.120. The second-order valence-electron chi connectivity index (χ2n) is 7.87. The summed E-state index contributed by atoms with van der Waals surface area (Å²) in [6, 6.07) is 0.733. The van der Waals surface area contributed by atoms with Crippen LogP contribution in [0.1, 0.15) is 59.8 Å². The van der Waals surface area contributed by atoms with Gasteiger partial charge in [0, 0.05) is 44.3 Å². The molecule has 20 heavy (non-hydrogen) atoms. The van der Waals surface area contributed by atoms with Crippen molar-refractivity contribution in [2.75, 3.05) is 32.7 Å². The van der Waals surface area contributed by atoms with Gasteiger partial charge in [-0.1, -0.05) is 20.8 Å². The maximum Gasteiger partial charge on any atom is 0.0333 e. The molecule has 1 aliphatic heterocycles. The Bertz CT molecular complexity index is 295. The molecule has 2 fully saturated rings. The lowest BCUT2D eigenvalue weighted by molar-refractivity contribution is -0.0162. The fourth-order valence-corrected chi connectivity index (χ4v) is 3.94. The standard InChI is InChI=1S/C17H35N3/c1-5-15(2)19-10-12-20(13-11-19)17(14-18)8-6-16(3,4)7-9-17/h15H,5-14,18H2,1-4H3. The summed E-state index contributed by atoms with van der Waals surface area (Å²) in [6.07, 6.45) is 6.50. The zero-order valence-electron chi connectivity index (χ0n) is 14.1. The van der Waals surface area contributed by atoms with E-state index in [0.717, 1.165) is 12.6 Å². The molecule has 1 aliphatic carbocycles. The van der Waals surface area contributed by atoms with Gasteiger partial charge in [-0.25, -0.2) is 0 Å². The molecule has 1 atom stereocenters. The first-order chi connectivity index (χ1) is 9.42. The third-order valence-electron chi connectivity index (χ3n) is 6.11. The highest BCUT2D eigenvalue weighted by Gasteiger charge is 2.42. The van der Waals surface area contributed by atoms with Gasteiger partial charge < -0.3 is 5.73 Å². The first-order valence-electron chi connectivity index (χ1n) is 8.62. The number of hydrogen-bond acceptors (Lipinski definition) is 3. The van der Waals surface area contributed by atoms with E-state index in [1.54, 1.807) is 0 Å². The van der Waals surface area contributed by atoms with E-state index in [9.17, 15) is 0 Å². The summed E-state index contributed by atoms with van der Waals surface area (Å²) < 4.78 is 0. The van der Waals surface area contributed by atoms with Crippen LogP contribution < -0.4 is 5.73 Å². The summed E-state index contributed by atoms with van der Waals surface area (Å²) in [5.41, 5.74) is 7.05. The zero-order valence-corrected chi connectivity index (χ0v) is 14.1. The summed E-state index contributed by atoms with van der Waals surface area (Å²) in [5, 5.41) is 0. The number of piperazine rings is 1. The van der Waals surface area contributed by atoms with Crippen LogP contribution in [0, 0.1) is 5.41 Å². The Balaban J connectivity index is 1.94. The van der Waals surface area contributed by atoms with Gasteiger partial charge in [-0.15, -0.1) is 0 Å². The maximum absolute atomic E-state index is 6.22. The average Bonchev–Trinajstić information content (AvgIpc) is 2.47. The molecule has 2 N–H and O–H groups in total. The highest BCUT2D eigenvalue weighted by Crippen LogP contribution is 2.42. The summed E-state index contributed by atoms with van der Waals surface area (Å²) in [6.45, 7) is 15.2. The Kier molecular flexibility index (Phi) is 5.14. The zero-order chi connectivity index (χ0) is 14.8. The van der Waals surface area contributed by atoms with E-state index in [1.165, 1.54) is 58.3 Å². The van der Waals surface area contributed by atoms with Crippen molar-refractivity contribution in [3.8, 4) is 0 Å². The van der Waals surface area contributed by atoms with Crippen LogP contribution in [0.25, 0.3) is 0 Å². The van der Waals surface area contributed by atoms with Crippen molar-refractivity contribution in [1.82, 2.24) is 9.80 Å². The van der Waals surface area contributed by atoms with Gasteiger partial charge in [0.15, 0.2) is 0 Å². The summed E-state index contributed by atoms with van der Waals surface area (Å²) in [7, 11) is 0. The van der Waals surface area contributed by atoms with Crippen molar-refractivity contribution in [2.45, 2.75) is 71.4 Å². The minimum Gasteiger partial charge on any atom is -0.329 e. The van der Waals surface area contributed by atoms with E-state index in [4.69, 9.17) is 5.73 Å². The third-order valence-corrected chi connectivity index (χ3v) is 6.11. The van der Waals surface area contributed by atoms with Crippen LogP contribution in [-0.4, -0.2) is 54.1 Å². The van der Waals surface area contributed by atoms with Gasteiger partial charge in [-0.3, -0.25) is 9.80 Å². The highest BCUT2D eigenvalue weighted by atomic mass is 15.3. The highest BCUT2D eigenvalue weighted by molar-refractivity contribution is 4.99. The molecule has 0 aromatic carbocycles. The van der Waals surface area contributed by atoms with Gasteiger partial charge in [0.05, 0.1) is 0 Å². The van der Waals surface area contributed by atoms with Crippen LogP contribution in [0.2, 0.25) is 0 Å². The van der Waals surface area contributed by atoms with Crippen molar-refractivity contribution in [1.29, 1.82) is 0 Å². The fourth-order valence-electron chi connectivity index (χ4n) is 3.94. The lowest BCUT2D eigenvalue weighted by Crippen LogP contribution is -2.62. The Labute approximate surface area is 125 Å². The topological polar surface area (TPSA) is 32.5 Å². The Morgan fingerprint density at radius 2 is 1.55 bits per heavy atom. The Morgan fingerprint density at radius 3 is 2.00 bits per heavy atom. The maximum atomic E-state index is 6.22. The molecule has 0 radical (unpaired) electrons. The molecule has 1 heterocycles. The SMILES string of the molecule is CCC(C)N1CCN(C2(CN)CCC(C)(C)CC2)CC1. The lowest BCUT2D eigenvalue weighted by atomic mass is 9.68. The van der Waals surface area contributed by atoms with Crippen LogP contribution in [0.3, 0.4) is 0 Å². The van der Waals surface area contributed by atoms with E-state index in [0.29, 0.717) is 11.0 Å². The van der Waals surface area contributed by atoms with Gasteiger partial charge in [0.1, 0.15) is 0 Å². The van der Waals surface area contributed by atoms with E-state index >= 15 is 0 Å². The molecule has 0 aromatic heterocycles. The molecule has 1 saturated carbocycles. The molecular formula is C17H35N3. The van der Waals surface area contributed by atoms with E-state index < -0.39 is 0 Å². The minimum absolute atomic E-state index is 0.303. The first-order valence-corrected chi connectivity index (χ1v) is 8.62. The van der Waals surface area contributed by atoms with Crippen LogP contribution >= 0.6 is 0 Å². The normalized spacial score (nSPS) is 29.2. The first kappa shape index (κ1) is 16.3. The predicted octanol–water partition coefficient (Wildman–Crippen LogP) is 2.70. The van der Waals surface area contributed by atoms with Crippen LogP contribution in [0.5, 0.6) is 0 Å². The number of rotatable bonds is 4. The molecule has 2 rings (SSSR count).